The van der Waals surface area contributed by atoms with Crippen LogP contribution in [0.1, 0.15) is 230 Å². The SMILES string of the molecule is CCCCCCCCCCCCCCCC(=O)OC[C@@H]1O[C@H](O[C@H]2CC[C@@]3(C)C(=CCC4C5CCC([C@H](C)CCC(CC)C(C)C)[C@@]5(C)CCC43)C2)[C@@H](OC(C)=O)[C@@H](OC(C)=O)[C@H]1OC(C)=O. The maximum atomic E-state index is 13.1. The normalized spacial score (nSPS) is 33.4. The lowest BCUT2D eigenvalue weighted by molar-refractivity contribution is -0.318. The minimum absolute atomic E-state index is 0.0901. The average Bonchev–Trinajstić information content (AvgIpc) is 3.63. The molecule has 5 aliphatic rings. The fraction of sp³-hybridized carbons (Fsp3) is 0.895. The molecule has 14 atom stereocenters. The van der Waals surface area contributed by atoms with Crippen molar-refractivity contribution in [2.45, 2.75) is 267 Å². The van der Waals surface area contributed by atoms with Crippen LogP contribution in [0.3, 0.4) is 0 Å². The Labute approximate surface area is 407 Å². The number of carbonyl (C=O) groups excluding carboxylic acids is 4. The first-order chi connectivity index (χ1) is 32.0. The van der Waals surface area contributed by atoms with Gasteiger partial charge in [-0.3, -0.25) is 19.2 Å². The third-order valence-corrected chi connectivity index (χ3v) is 18.0. The number of ether oxygens (including phenoxy) is 6. The second kappa shape index (κ2) is 26.7. The van der Waals surface area contributed by atoms with Gasteiger partial charge >= 0.3 is 23.9 Å². The van der Waals surface area contributed by atoms with Crippen LogP contribution < -0.4 is 0 Å². The van der Waals surface area contributed by atoms with Gasteiger partial charge in [-0.2, -0.15) is 0 Å². The highest BCUT2D eigenvalue weighted by atomic mass is 16.7. The molecule has 0 bridgehead atoms. The number of carbonyl (C=O) groups is 4. The highest BCUT2D eigenvalue weighted by Gasteiger charge is 2.60. The molecule has 0 aromatic carbocycles. The van der Waals surface area contributed by atoms with E-state index in [4.69, 9.17) is 28.4 Å². The largest absolute Gasteiger partial charge is 0.463 e. The minimum Gasteiger partial charge on any atom is -0.463 e. The van der Waals surface area contributed by atoms with Crippen molar-refractivity contribution in [1.29, 1.82) is 0 Å². The molecule has 5 rings (SSSR count). The van der Waals surface area contributed by atoms with Crippen LogP contribution in [-0.2, 0) is 47.6 Å². The lowest BCUT2D eigenvalue weighted by Crippen LogP contribution is -2.63. The fourth-order valence-corrected chi connectivity index (χ4v) is 14.2. The molecule has 0 aromatic rings. The van der Waals surface area contributed by atoms with E-state index in [-0.39, 0.29) is 30.5 Å². The Kier molecular flexibility index (Phi) is 22.1. The summed E-state index contributed by atoms with van der Waals surface area (Å²) in [5.74, 6) is 2.98. The van der Waals surface area contributed by atoms with Crippen LogP contribution in [0.25, 0.3) is 0 Å². The molecule has 4 fully saturated rings. The van der Waals surface area contributed by atoms with E-state index in [9.17, 15) is 19.2 Å². The van der Waals surface area contributed by atoms with Crippen LogP contribution in [0, 0.1) is 52.3 Å². The molecule has 5 unspecified atom stereocenters. The Balaban J connectivity index is 1.19. The first-order valence-corrected chi connectivity index (χ1v) is 27.7. The predicted octanol–water partition coefficient (Wildman–Crippen LogP) is 13.6. The molecule has 10 heteroatoms. The van der Waals surface area contributed by atoms with Crippen LogP contribution >= 0.6 is 0 Å². The van der Waals surface area contributed by atoms with Crippen molar-refractivity contribution in [3.8, 4) is 0 Å². The van der Waals surface area contributed by atoms with Gasteiger partial charge in [-0.15, -0.1) is 0 Å². The van der Waals surface area contributed by atoms with Gasteiger partial charge in [0.25, 0.3) is 0 Å². The lowest BCUT2D eigenvalue weighted by Gasteiger charge is -2.58. The molecular weight excluding hydrogens is 845 g/mol. The summed E-state index contributed by atoms with van der Waals surface area (Å²) in [5, 5.41) is 0. The van der Waals surface area contributed by atoms with E-state index in [1.54, 1.807) is 0 Å². The van der Waals surface area contributed by atoms with Gasteiger partial charge < -0.3 is 28.4 Å². The lowest BCUT2D eigenvalue weighted by atomic mass is 9.47. The topological polar surface area (TPSA) is 124 Å². The number of fused-ring (bicyclic) bond motifs is 5. The van der Waals surface area contributed by atoms with Crippen molar-refractivity contribution in [2.75, 3.05) is 6.61 Å². The first-order valence-electron chi connectivity index (χ1n) is 27.7. The summed E-state index contributed by atoms with van der Waals surface area (Å²) in [6.07, 6.45) is 25.4. The standard InChI is InChI=1S/C57H96O10/c1-11-13-14-15-16-17-18-19-20-21-22-23-24-25-51(61)62-37-50-52(63-40(6)58)53(64-41(7)59)54(65-42(8)60)55(67-50)66-45-32-34-56(9)44(36-45)28-29-46-48-31-30-47(57(48,10)35-33-49(46)56)39(5)26-27-43(12-2)38(3)4/h28,38-39,43,45-50,52-55H,11-27,29-37H2,1-10H3/t39-,43?,45+,46?,47?,48?,49?,50+,52+,53+,54+,55+,56+,57-/m1/s1. The van der Waals surface area contributed by atoms with Crippen LogP contribution in [0.5, 0.6) is 0 Å². The van der Waals surface area contributed by atoms with Gasteiger partial charge in [-0.25, -0.2) is 0 Å². The second-order valence-electron chi connectivity index (χ2n) is 22.9. The third-order valence-electron chi connectivity index (χ3n) is 18.0. The fourth-order valence-electron chi connectivity index (χ4n) is 14.2. The number of hydrogen-bond donors (Lipinski definition) is 0. The molecule has 1 aliphatic heterocycles. The Morgan fingerprint density at radius 1 is 0.701 bits per heavy atom. The molecule has 3 saturated carbocycles. The molecule has 1 heterocycles. The van der Waals surface area contributed by atoms with Gasteiger partial charge in [-0.05, 0) is 116 Å². The van der Waals surface area contributed by atoms with E-state index in [0.717, 1.165) is 74.5 Å². The molecule has 384 valence electrons. The molecule has 4 aliphatic carbocycles. The summed E-state index contributed by atoms with van der Waals surface area (Å²) in [6, 6.07) is 0. The van der Waals surface area contributed by atoms with E-state index in [2.05, 4.69) is 54.5 Å². The van der Waals surface area contributed by atoms with Gasteiger partial charge in [0.15, 0.2) is 24.6 Å². The summed E-state index contributed by atoms with van der Waals surface area (Å²) < 4.78 is 36.4. The Hall–Kier alpha value is -2.46. The van der Waals surface area contributed by atoms with Crippen LogP contribution in [0.4, 0.5) is 0 Å². The number of allylic oxidation sites excluding steroid dienone is 1. The molecule has 0 aromatic heterocycles. The van der Waals surface area contributed by atoms with E-state index in [1.165, 1.54) is 135 Å². The van der Waals surface area contributed by atoms with Gasteiger partial charge in [0.2, 0.25) is 0 Å². The predicted molar refractivity (Wildman–Crippen MR) is 264 cm³/mol. The summed E-state index contributed by atoms with van der Waals surface area (Å²) in [4.78, 5) is 50.8. The summed E-state index contributed by atoms with van der Waals surface area (Å²) in [5.41, 5.74) is 1.95. The minimum atomic E-state index is -1.24. The van der Waals surface area contributed by atoms with Gasteiger partial charge in [0.1, 0.15) is 12.7 Å². The highest BCUT2D eigenvalue weighted by Crippen LogP contribution is 2.67. The van der Waals surface area contributed by atoms with E-state index in [1.807, 2.05) is 0 Å². The van der Waals surface area contributed by atoms with E-state index in [0.29, 0.717) is 17.3 Å². The molecule has 0 amide bonds. The van der Waals surface area contributed by atoms with Crippen LogP contribution in [0.15, 0.2) is 11.6 Å². The first kappa shape index (κ1) is 55.5. The Morgan fingerprint density at radius 3 is 1.90 bits per heavy atom. The van der Waals surface area contributed by atoms with Gasteiger partial charge in [-0.1, -0.05) is 150 Å². The zero-order valence-corrected chi connectivity index (χ0v) is 44.1. The summed E-state index contributed by atoms with van der Waals surface area (Å²) in [6.45, 7) is 20.7. The van der Waals surface area contributed by atoms with Crippen LogP contribution in [0.2, 0.25) is 0 Å². The summed E-state index contributed by atoms with van der Waals surface area (Å²) in [7, 11) is 0. The van der Waals surface area contributed by atoms with Gasteiger partial charge in [0.05, 0.1) is 6.10 Å². The molecule has 67 heavy (non-hydrogen) atoms. The molecule has 10 nitrogen and oxygen atoms in total. The molecule has 1 saturated heterocycles. The number of esters is 4. The monoisotopic (exact) mass is 941 g/mol. The van der Waals surface area contributed by atoms with Crippen molar-refractivity contribution >= 4 is 23.9 Å². The van der Waals surface area contributed by atoms with E-state index >= 15 is 0 Å². The maximum Gasteiger partial charge on any atom is 0.305 e. The number of hydrogen-bond acceptors (Lipinski definition) is 10. The van der Waals surface area contributed by atoms with Crippen molar-refractivity contribution in [2.24, 2.45) is 52.3 Å². The quantitative estimate of drug-likeness (QED) is 0.0340. The van der Waals surface area contributed by atoms with Crippen molar-refractivity contribution < 1.29 is 47.6 Å². The third kappa shape index (κ3) is 15.0. The molecule has 0 radical (unpaired) electrons. The molecule has 0 N–H and O–H groups in total. The second-order valence-corrected chi connectivity index (χ2v) is 22.9. The smallest absolute Gasteiger partial charge is 0.305 e. The highest BCUT2D eigenvalue weighted by molar-refractivity contribution is 5.69. The van der Waals surface area contributed by atoms with E-state index < -0.39 is 48.6 Å². The Bertz CT molecular complexity index is 1590. The average molecular weight is 941 g/mol. The van der Waals surface area contributed by atoms with Crippen LogP contribution in [-0.4, -0.2) is 67.3 Å². The van der Waals surface area contributed by atoms with Crippen molar-refractivity contribution in [3.63, 3.8) is 0 Å². The Morgan fingerprint density at radius 2 is 1.30 bits per heavy atom. The number of unbranched alkanes of at least 4 members (excludes halogenated alkanes) is 12. The zero-order valence-electron chi connectivity index (χ0n) is 44.1. The van der Waals surface area contributed by atoms with Crippen molar-refractivity contribution in [3.05, 3.63) is 11.6 Å². The molecular formula is C57H96O10. The zero-order chi connectivity index (χ0) is 48.7. The maximum absolute atomic E-state index is 13.1. The van der Waals surface area contributed by atoms with Crippen molar-refractivity contribution in [1.82, 2.24) is 0 Å². The molecule has 0 spiro atoms. The number of rotatable bonds is 27. The van der Waals surface area contributed by atoms with Gasteiger partial charge in [0, 0.05) is 27.2 Å². The summed E-state index contributed by atoms with van der Waals surface area (Å²) >= 11 is 0.